The van der Waals surface area contributed by atoms with Crippen molar-refractivity contribution in [3.05, 3.63) is 0 Å². The highest BCUT2D eigenvalue weighted by Gasteiger charge is 2.47. The minimum Gasteiger partial charge on any atom is -0.394 e. The predicted octanol–water partition coefficient (Wildman–Crippen LogP) is -1.36. The third kappa shape index (κ3) is 5.22. The maximum Gasteiger partial charge on any atom is 0.325 e. The van der Waals surface area contributed by atoms with Crippen molar-refractivity contribution in [2.75, 3.05) is 27.4 Å². The third-order valence-corrected chi connectivity index (χ3v) is 6.00. The molecule has 4 radical (unpaired) electrons. The van der Waals surface area contributed by atoms with Gasteiger partial charge in [-0.25, -0.2) is 0 Å². The van der Waals surface area contributed by atoms with E-state index < -0.39 is 55.3 Å². The molecule has 9 atom stereocenters. The number of hydrogen-bond acceptors (Lipinski definition) is 10. The Bertz CT molecular complexity index is 507. The lowest BCUT2D eigenvalue weighted by atomic mass is 9.93. The standard InChI is InChI=1S/C12H21B2O9PS2/c1-17-9-7(5(3-15)20-11(9)13)22-24(16,26)19-4-6-8(23-25)10(18-2)12(14)21-6/h5-12,15,25H,3-4H2,1-2H3,(H,16,26)/t5-,6-,7?,8?,9?,10?,11-,12-,24?/m1/s1. The van der Waals surface area contributed by atoms with Crippen molar-refractivity contribution in [2.45, 2.75) is 48.6 Å². The van der Waals surface area contributed by atoms with Crippen molar-refractivity contribution < 1.29 is 42.2 Å². The summed E-state index contributed by atoms with van der Waals surface area (Å²) in [6.45, 7) is -4.30. The van der Waals surface area contributed by atoms with Crippen molar-refractivity contribution >= 4 is 47.1 Å². The zero-order valence-corrected chi connectivity index (χ0v) is 16.8. The molecule has 26 heavy (non-hydrogen) atoms. The molecule has 0 amide bonds. The SMILES string of the molecule is [B][C@@H]1O[C@H](COP(O)(=S)OC2C(OC)[C@H]([B])O[C@@H]2CO)C(OS)C1OC. The lowest BCUT2D eigenvalue weighted by molar-refractivity contribution is -0.0218. The number of aliphatic hydroxyl groups excluding tert-OH is 1. The average Bonchev–Trinajstić information content (AvgIpc) is 3.07. The van der Waals surface area contributed by atoms with Gasteiger partial charge in [-0.3, -0.25) is 4.52 Å². The highest BCUT2D eigenvalue weighted by Crippen LogP contribution is 2.48. The summed E-state index contributed by atoms with van der Waals surface area (Å²) >= 11 is 8.82. The topological polar surface area (TPSA) is 105 Å². The van der Waals surface area contributed by atoms with Gasteiger partial charge < -0.3 is 37.7 Å². The van der Waals surface area contributed by atoms with Gasteiger partial charge in [-0.15, -0.1) is 0 Å². The molecule has 2 aliphatic rings. The van der Waals surface area contributed by atoms with Gasteiger partial charge in [-0.1, -0.05) is 0 Å². The Labute approximate surface area is 165 Å². The summed E-state index contributed by atoms with van der Waals surface area (Å²) in [5, 5.41) is 9.39. The summed E-state index contributed by atoms with van der Waals surface area (Å²) in [5.74, 6) is 0. The van der Waals surface area contributed by atoms with Crippen molar-refractivity contribution in [1.82, 2.24) is 0 Å². The Balaban J connectivity index is 1.97. The molecule has 2 heterocycles. The van der Waals surface area contributed by atoms with E-state index in [1.54, 1.807) is 0 Å². The molecule has 0 aliphatic carbocycles. The van der Waals surface area contributed by atoms with Crippen LogP contribution in [0, 0.1) is 0 Å². The van der Waals surface area contributed by atoms with E-state index in [1.807, 2.05) is 0 Å². The Morgan fingerprint density at radius 2 is 1.58 bits per heavy atom. The molecule has 2 saturated heterocycles. The van der Waals surface area contributed by atoms with Crippen LogP contribution in [0.15, 0.2) is 0 Å². The van der Waals surface area contributed by atoms with Gasteiger partial charge in [0.15, 0.2) is 0 Å². The van der Waals surface area contributed by atoms with Gasteiger partial charge in [-0.05, 0) is 24.7 Å². The number of thiol groups is 1. The van der Waals surface area contributed by atoms with E-state index in [4.69, 9.17) is 59.7 Å². The number of hydrogen-bond donors (Lipinski definition) is 3. The van der Waals surface area contributed by atoms with E-state index >= 15 is 0 Å². The Morgan fingerprint density at radius 1 is 1.04 bits per heavy atom. The second-order valence-corrected chi connectivity index (χ2v) is 8.77. The summed E-state index contributed by atoms with van der Waals surface area (Å²) in [6, 6.07) is -1.58. The molecule has 0 aromatic heterocycles. The highest BCUT2D eigenvalue weighted by atomic mass is 32.5. The van der Waals surface area contributed by atoms with Gasteiger partial charge in [0.25, 0.3) is 0 Å². The molecule has 5 unspecified atom stereocenters. The average molecular weight is 426 g/mol. The first-order valence-electron chi connectivity index (χ1n) is 7.72. The Morgan fingerprint density at radius 3 is 2.08 bits per heavy atom. The van der Waals surface area contributed by atoms with Crippen LogP contribution in [0.25, 0.3) is 0 Å². The fourth-order valence-electron chi connectivity index (χ4n) is 2.94. The zero-order valence-electron chi connectivity index (χ0n) is 14.2. The number of aliphatic hydroxyl groups is 1. The van der Waals surface area contributed by atoms with Crippen LogP contribution >= 0.6 is 19.6 Å². The van der Waals surface area contributed by atoms with Gasteiger partial charge in [0.05, 0.1) is 13.2 Å². The smallest absolute Gasteiger partial charge is 0.325 e. The maximum absolute atomic E-state index is 10.4. The Kier molecular flexibility index (Phi) is 8.86. The van der Waals surface area contributed by atoms with Crippen LogP contribution < -0.4 is 0 Å². The second kappa shape index (κ2) is 10.00. The molecule has 9 nitrogen and oxygen atoms in total. The largest absolute Gasteiger partial charge is 0.394 e. The predicted molar refractivity (Wildman–Crippen MR) is 98.7 cm³/mol. The van der Waals surface area contributed by atoms with Gasteiger partial charge in [-0.2, -0.15) is 0 Å². The van der Waals surface area contributed by atoms with Gasteiger partial charge >= 0.3 is 6.72 Å². The van der Waals surface area contributed by atoms with Gasteiger partial charge in [0.2, 0.25) is 0 Å². The van der Waals surface area contributed by atoms with E-state index in [2.05, 4.69) is 12.9 Å². The molecule has 2 N–H and O–H groups in total. The molecule has 146 valence electrons. The van der Waals surface area contributed by atoms with E-state index in [0.717, 1.165) is 0 Å². The van der Waals surface area contributed by atoms with Crippen molar-refractivity contribution in [3.63, 3.8) is 0 Å². The Hall–Kier alpha value is 0.770. The van der Waals surface area contributed by atoms with Crippen LogP contribution in [0.4, 0.5) is 0 Å². The van der Waals surface area contributed by atoms with Crippen molar-refractivity contribution in [2.24, 2.45) is 0 Å². The van der Waals surface area contributed by atoms with E-state index in [0.29, 0.717) is 0 Å². The summed E-state index contributed by atoms with van der Waals surface area (Å²) in [5.41, 5.74) is 0. The van der Waals surface area contributed by atoms with E-state index in [1.165, 1.54) is 14.2 Å². The van der Waals surface area contributed by atoms with Gasteiger partial charge in [0, 0.05) is 26.2 Å². The van der Waals surface area contributed by atoms with Crippen LogP contribution in [0.1, 0.15) is 0 Å². The number of methoxy groups -OCH3 is 2. The summed E-state index contributed by atoms with van der Waals surface area (Å²) < 4.78 is 37.1. The lowest BCUT2D eigenvalue weighted by Gasteiger charge is -2.27. The zero-order chi connectivity index (χ0) is 19.5. The third-order valence-electron chi connectivity index (χ3n) is 4.19. The molecular weight excluding hydrogens is 405 g/mol. The molecule has 0 bridgehead atoms. The molecule has 2 aliphatic heterocycles. The normalized spacial score (nSPS) is 42.8. The minimum absolute atomic E-state index is 0.173. The van der Waals surface area contributed by atoms with E-state index in [9.17, 15) is 10.00 Å². The quantitative estimate of drug-likeness (QED) is 0.177. The molecule has 2 fully saturated rings. The second-order valence-electron chi connectivity index (χ2n) is 5.77. The minimum atomic E-state index is -3.74. The molecule has 0 spiro atoms. The van der Waals surface area contributed by atoms with Crippen LogP contribution in [0.2, 0.25) is 0 Å². The molecular formula is C12H21B2O9PS2. The molecule has 0 aromatic rings. The van der Waals surface area contributed by atoms with Crippen LogP contribution in [0.5, 0.6) is 0 Å². The monoisotopic (exact) mass is 426 g/mol. The lowest BCUT2D eigenvalue weighted by Crippen LogP contribution is -2.38. The number of rotatable bonds is 9. The fraction of sp³-hybridized carbons (Fsp3) is 1.00. The highest BCUT2D eigenvalue weighted by molar-refractivity contribution is 8.07. The molecule has 0 saturated carbocycles. The van der Waals surface area contributed by atoms with Crippen LogP contribution in [-0.4, -0.2) is 102 Å². The maximum atomic E-state index is 10.4. The first-order chi connectivity index (χ1) is 12.3. The first-order valence-corrected chi connectivity index (χ1v) is 10.7. The van der Waals surface area contributed by atoms with Crippen LogP contribution in [-0.2, 0) is 44.0 Å². The molecule has 0 aromatic carbocycles. The van der Waals surface area contributed by atoms with Gasteiger partial charge in [0.1, 0.15) is 52.3 Å². The molecule has 14 heteroatoms. The first kappa shape index (κ1) is 23.1. The molecule has 2 rings (SSSR count). The van der Waals surface area contributed by atoms with Crippen LogP contribution in [0.3, 0.4) is 0 Å². The van der Waals surface area contributed by atoms with Crippen molar-refractivity contribution in [3.8, 4) is 0 Å². The van der Waals surface area contributed by atoms with E-state index in [-0.39, 0.29) is 13.2 Å². The number of ether oxygens (including phenoxy) is 4. The fourth-order valence-corrected chi connectivity index (χ4v) is 4.63. The summed E-state index contributed by atoms with van der Waals surface area (Å²) in [4.78, 5) is 10.4. The summed E-state index contributed by atoms with van der Waals surface area (Å²) in [7, 11) is 14.4. The van der Waals surface area contributed by atoms with Crippen molar-refractivity contribution in [1.29, 1.82) is 0 Å². The summed E-state index contributed by atoms with van der Waals surface area (Å²) in [6.07, 6.45) is -4.31.